The second-order valence-corrected chi connectivity index (χ2v) is 7.58. The number of phenolic OH excluding ortho intramolecular Hbond substituents is 1. The van der Waals surface area contributed by atoms with Crippen LogP contribution in [-0.4, -0.2) is 20.2 Å². The van der Waals surface area contributed by atoms with Crippen molar-refractivity contribution in [2.45, 2.75) is 6.54 Å². The molecule has 1 heterocycles. The third kappa shape index (κ3) is 3.59. The molecule has 1 aliphatic rings. The number of carbonyl (C=O) groups excluding carboxylic acids is 1. The van der Waals surface area contributed by atoms with Gasteiger partial charge in [-0.25, -0.2) is 0 Å². The van der Waals surface area contributed by atoms with Crippen LogP contribution in [0.25, 0.3) is 6.08 Å². The normalized spacial score (nSPS) is 16.2. The molecule has 0 atom stereocenters. The highest BCUT2D eigenvalue weighted by Gasteiger charge is 2.32. The molecule has 0 aliphatic carbocycles. The summed E-state index contributed by atoms with van der Waals surface area (Å²) in [5, 5.41) is 9.87. The predicted octanol–water partition coefficient (Wildman–Crippen LogP) is 5.10. The van der Waals surface area contributed by atoms with Crippen LogP contribution in [-0.2, 0) is 11.3 Å². The first-order chi connectivity index (χ1) is 11.5. The molecule has 0 unspecified atom stereocenters. The van der Waals surface area contributed by atoms with E-state index in [1.165, 1.54) is 11.8 Å². The molecule has 0 spiro atoms. The van der Waals surface area contributed by atoms with E-state index in [2.05, 4.69) is 0 Å². The molecule has 1 aliphatic heterocycles. The van der Waals surface area contributed by atoms with Crippen molar-refractivity contribution in [1.29, 1.82) is 0 Å². The number of amides is 1. The lowest BCUT2D eigenvalue weighted by molar-refractivity contribution is -0.122. The molecule has 0 saturated carbocycles. The summed E-state index contributed by atoms with van der Waals surface area (Å²) < 4.78 is 0.506. The van der Waals surface area contributed by atoms with E-state index in [1.807, 2.05) is 30.3 Å². The highest BCUT2D eigenvalue weighted by atomic mass is 35.5. The highest BCUT2D eigenvalue weighted by molar-refractivity contribution is 8.26. The Kier molecular flexibility index (Phi) is 5.15. The zero-order valence-corrected chi connectivity index (χ0v) is 15.3. The van der Waals surface area contributed by atoms with Gasteiger partial charge >= 0.3 is 0 Å². The smallest absolute Gasteiger partial charge is 0.266 e. The Bertz CT molecular complexity index is 830. The first-order valence-electron chi connectivity index (χ1n) is 6.93. The molecule has 2 aromatic carbocycles. The second-order valence-electron chi connectivity index (χ2n) is 5.09. The van der Waals surface area contributed by atoms with Crippen LogP contribution in [0.15, 0.2) is 47.4 Å². The van der Waals surface area contributed by atoms with Gasteiger partial charge in [-0.1, -0.05) is 77.5 Å². The number of phenols is 1. The van der Waals surface area contributed by atoms with E-state index in [0.717, 1.165) is 5.56 Å². The van der Waals surface area contributed by atoms with Crippen LogP contribution in [0.3, 0.4) is 0 Å². The SMILES string of the molecule is O=C1C(=Cc2cc(Cl)c(O)c(Cl)c2)SC(=S)N1Cc1ccccc1. The standard InChI is InChI=1S/C17H11Cl2NO2S2/c18-12-6-11(7-13(19)15(12)21)8-14-16(22)20(17(23)24-14)9-10-4-2-1-3-5-10/h1-8,21H,9H2. The van der Waals surface area contributed by atoms with E-state index in [0.29, 0.717) is 21.3 Å². The minimum absolute atomic E-state index is 0.133. The minimum Gasteiger partial charge on any atom is -0.505 e. The average molecular weight is 396 g/mol. The van der Waals surface area contributed by atoms with E-state index < -0.39 is 0 Å². The zero-order valence-electron chi connectivity index (χ0n) is 12.2. The summed E-state index contributed by atoms with van der Waals surface area (Å²) in [6, 6.07) is 12.8. The lowest BCUT2D eigenvalue weighted by Crippen LogP contribution is -2.27. The molecule has 24 heavy (non-hydrogen) atoms. The fraction of sp³-hybridized carbons (Fsp3) is 0.0588. The van der Waals surface area contributed by atoms with E-state index >= 15 is 0 Å². The van der Waals surface area contributed by atoms with Crippen LogP contribution in [0.2, 0.25) is 10.0 Å². The summed E-state index contributed by atoms with van der Waals surface area (Å²) in [6.45, 7) is 0.430. The second kappa shape index (κ2) is 7.15. The van der Waals surface area contributed by atoms with Crippen molar-refractivity contribution in [2.24, 2.45) is 0 Å². The maximum absolute atomic E-state index is 12.6. The van der Waals surface area contributed by atoms with Crippen molar-refractivity contribution in [3.8, 4) is 5.75 Å². The van der Waals surface area contributed by atoms with E-state index in [4.69, 9.17) is 35.4 Å². The molecular formula is C17H11Cl2NO2S2. The van der Waals surface area contributed by atoms with Crippen LogP contribution < -0.4 is 0 Å². The van der Waals surface area contributed by atoms with Crippen molar-refractivity contribution < 1.29 is 9.90 Å². The monoisotopic (exact) mass is 395 g/mol. The van der Waals surface area contributed by atoms with Gasteiger partial charge in [-0.05, 0) is 29.3 Å². The van der Waals surface area contributed by atoms with Gasteiger partial charge < -0.3 is 5.11 Å². The third-order valence-electron chi connectivity index (χ3n) is 3.39. The van der Waals surface area contributed by atoms with Crippen molar-refractivity contribution >= 4 is 63.5 Å². The Morgan fingerprint density at radius 3 is 2.42 bits per heavy atom. The summed E-state index contributed by atoms with van der Waals surface area (Å²) >= 11 is 18.4. The Labute approximate surface area is 158 Å². The molecule has 0 bridgehead atoms. The molecule has 3 rings (SSSR count). The summed E-state index contributed by atoms with van der Waals surface area (Å²) in [5.41, 5.74) is 1.63. The van der Waals surface area contributed by atoms with Gasteiger partial charge in [-0.3, -0.25) is 9.69 Å². The molecule has 1 fully saturated rings. The Morgan fingerprint density at radius 1 is 1.17 bits per heavy atom. The number of nitrogens with zero attached hydrogens (tertiary/aromatic N) is 1. The largest absolute Gasteiger partial charge is 0.505 e. The van der Waals surface area contributed by atoms with Gasteiger partial charge in [-0.2, -0.15) is 0 Å². The molecule has 0 aromatic heterocycles. The lowest BCUT2D eigenvalue weighted by Gasteiger charge is -2.14. The Morgan fingerprint density at radius 2 is 1.79 bits per heavy atom. The number of benzene rings is 2. The average Bonchev–Trinajstić information content (AvgIpc) is 2.81. The Hall–Kier alpha value is -1.53. The fourth-order valence-corrected chi connectivity index (χ4v) is 3.98. The quantitative estimate of drug-likeness (QED) is 0.579. The van der Waals surface area contributed by atoms with Gasteiger partial charge in [-0.15, -0.1) is 0 Å². The van der Waals surface area contributed by atoms with E-state index in [-0.39, 0.29) is 21.7 Å². The van der Waals surface area contributed by atoms with Crippen molar-refractivity contribution in [2.75, 3.05) is 0 Å². The van der Waals surface area contributed by atoms with E-state index in [9.17, 15) is 9.90 Å². The molecule has 1 saturated heterocycles. The number of aromatic hydroxyl groups is 1. The van der Waals surface area contributed by atoms with Gasteiger partial charge in [0.05, 0.1) is 21.5 Å². The maximum Gasteiger partial charge on any atom is 0.266 e. The van der Waals surface area contributed by atoms with Crippen LogP contribution >= 0.6 is 47.2 Å². The number of hydrogen-bond donors (Lipinski definition) is 1. The lowest BCUT2D eigenvalue weighted by atomic mass is 10.2. The number of carbonyl (C=O) groups is 1. The number of hydrogen-bond acceptors (Lipinski definition) is 4. The molecule has 3 nitrogen and oxygen atoms in total. The summed E-state index contributed by atoms with van der Waals surface area (Å²) in [4.78, 5) is 14.6. The number of rotatable bonds is 3. The molecule has 2 aromatic rings. The molecule has 7 heteroatoms. The first-order valence-corrected chi connectivity index (χ1v) is 8.91. The maximum atomic E-state index is 12.6. The van der Waals surface area contributed by atoms with Gasteiger partial charge in [0.2, 0.25) is 0 Å². The molecule has 1 N–H and O–H groups in total. The van der Waals surface area contributed by atoms with Gasteiger partial charge in [0.25, 0.3) is 5.91 Å². The zero-order chi connectivity index (χ0) is 17.3. The van der Waals surface area contributed by atoms with Gasteiger partial charge in [0.15, 0.2) is 5.75 Å². The van der Waals surface area contributed by atoms with E-state index in [1.54, 1.807) is 23.1 Å². The van der Waals surface area contributed by atoms with Crippen LogP contribution in [0.4, 0.5) is 0 Å². The summed E-state index contributed by atoms with van der Waals surface area (Å²) in [6.07, 6.45) is 1.67. The van der Waals surface area contributed by atoms with Crippen LogP contribution in [0.5, 0.6) is 5.75 Å². The third-order valence-corrected chi connectivity index (χ3v) is 5.35. The molecule has 122 valence electrons. The highest BCUT2D eigenvalue weighted by Crippen LogP contribution is 2.37. The number of thioether (sulfide) groups is 1. The number of thiocarbonyl (C=S) groups is 1. The number of halogens is 2. The fourth-order valence-electron chi connectivity index (χ4n) is 2.22. The Balaban J connectivity index is 1.86. The van der Waals surface area contributed by atoms with Crippen molar-refractivity contribution in [1.82, 2.24) is 4.90 Å². The van der Waals surface area contributed by atoms with Crippen LogP contribution in [0.1, 0.15) is 11.1 Å². The first kappa shape index (κ1) is 17.3. The van der Waals surface area contributed by atoms with Crippen molar-refractivity contribution in [3.63, 3.8) is 0 Å². The molecule has 1 amide bonds. The van der Waals surface area contributed by atoms with Gasteiger partial charge in [0.1, 0.15) is 4.32 Å². The molecular weight excluding hydrogens is 385 g/mol. The predicted molar refractivity (Wildman–Crippen MR) is 103 cm³/mol. The van der Waals surface area contributed by atoms with Crippen LogP contribution in [0, 0.1) is 0 Å². The van der Waals surface area contributed by atoms with Gasteiger partial charge in [0, 0.05) is 0 Å². The van der Waals surface area contributed by atoms with Crippen molar-refractivity contribution in [3.05, 3.63) is 68.5 Å². The molecule has 0 radical (unpaired) electrons. The summed E-state index contributed by atoms with van der Waals surface area (Å²) in [7, 11) is 0. The topological polar surface area (TPSA) is 40.5 Å². The summed E-state index contributed by atoms with van der Waals surface area (Å²) in [5.74, 6) is -0.332. The minimum atomic E-state index is -0.174.